The first-order valence-electron chi connectivity index (χ1n) is 12.4. The topological polar surface area (TPSA) is 67.7 Å². The molecule has 0 N–H and O–H groups in total. The molecule has 1 aromatic heterocycles. The van der Waals surface area contributed by atoms with Crippen LogP contribution in [0.1, 0.15) is 27.8 Å². The molecule has 38 heavy (non-hydrogen) atoms. The number of hydrogen-bond donors (Lipinski definition) is 0. The molecule has 7 nitrogen and oxygen atoms in total. The third-order valence-electron chi connectivity index (χ3n) is 6.47. The first kappa shape index (κ1) is 25.5. The average Bonchev–Trinajstić information content (AvgIpc) is 3.39. The van der Waals surface area contributed by atoms with Crippen molar-refractivity contribution in [2.75, 3.05) is 37.7 Å². The minimum Gasteiger partial charge on any atom is -0.461 e. The second-order valence-corrected chi connectivity index (χ2v) is 9.21. The van der Waals surface area contributed by atoms with Gasteiger partial charge in [-0.2, -0.15) is 5.10 Å². The number of benzene rings is 3. The Labute approximate surface area is 225 Å². The van der Waals surface area contributed by atoms with Crippen LogP contribution in [-0.4, -0.2) is 59.3 Å². The smallest absolute Gasteiger partial charge is 0.358 e. The molecule has 0 saturated carbocycles. The van der Waals surface area contributed by atoms with Crippen LogP contribution in [-0.2, 0) is 4.74 Å². The van der Waals surface area contributed by atoms with E-state index >= 15 is 0 Å². The van der Waals surface area contributed by atoms with E-state index in [0.717, 1.165) is 11.3 Å². The van der Waals surface area contributed by atoms with Crippen molar-refractivity contribution >= 4 is 29.2 Å². The quantitative estimate of drug-likeness (QED) is 0.308. The number of nitrogens with zero attached hydrogens (tertiary/aromatic N) is 4. The van der Waals surface area contributed by atoms with Gasteiger partial charge in [0.25, 0.3) is 5.91 Å². The fourth-order valence-corrected chi connectivity index (χ4v) is 4.73. The van der Waals surface area contributed by atoms with E-state index in [2.05, 4.69) is 10.00 Å². The molecule has 0 atom stereocenters. The van der Waals surface area contributed by atoms with E-state index in [1.807, 2.05) is 42.5 Å². The molecule has 4 aromatic rings. The molecular weight excluding hydrogens is 507 g/mol. The van der Waals surface area contributed by atoms with E-state index in [4.69, 9.17) is 16.3 Å². The van der Waals surface area contributed by atoms with Gasteiger partial charge < -0.3 is 14.5 Å². The Bertz CT molecular complexity index is 1460. The van der Waals surface area contributed by atoms with Crippen molar-refractivity contribution in [2.24, 2.45) is 0 Å². The molecule has 2 heterocycles. The number of hydrogen-bond acceptors (Lipinski definition) is 5. The number of amides is 1. The van der Waals surface area contributed by atoms with Gasteiger partial charge in [0.05, 0.1) is 28.6 Å². The molecule has 0 unspecified atom stereocenters. The Hall–Kier alpha value is -4.17. The van der Waals surface area contributed by atoms with Crippen LogP contribution in [0.25, 0.3) is 16.9 Å². The molecule has 9 heteroatoms. The highest BCUT2D eigenvalue weighted by Crippen LogP contribution is 2.30. The Morgan fingerprint density at radius 1 is 0.947 bits per heavy atom. The van der Waals surface area contributed by atoms with Crippen LogP contribution in [0, 0.1) is 5.82 Å². The molecule has 1 saturated heterocycles. The lowest BCUT2D eigenvalue weighted by molar-refractivity contribution is 0.0518. The molecule has 0 aliphatic carbocycles. The van der Waals surface area contributed by atoms with Crippen molar-refractivity contribution in [1.29, 1.82) is 0 Å². The molecule has 1 aliphatic heterocycles. The Morgan fingerprint density at radius 2 is 1.63 bits per heavy atom. The number of ether oxygens (including phenoxy) is 1. The Kier molecular flexibility index (Phi) is 7.42. The fourth-order valence-electron chi connectivity index (χ4n) is 4.51. The van der Waals surface area contributed by atoms with Crippen LogP contribution in [0.15, 0.2) is 78.9 Å². The third kappa shape index (κ3) is 5.13. The molecule has 5 rings (SSSR count). The fraction of sp³-hybridized carbons (Fsp3) is 0.207. The number of esters is 1. The van der Waals surface area contributed by atoms with Crippen LogP contribution >= 0.6 is 11.6 Å². The zero-order chi connectivity index (χ0) is 26.6. The van der Waals surface area contributed by atoms with Gasteiger partial charge in [-0.15, -0.1) is 0 Å². The van der Waals surface area contributed by atoms with Crippen molar-refractivity contribution < 1.29 is 18.7 Å². The SMILES string of the molecule is CCOC(=O)c1cc(-c2ccc(N3CCN(C(=O)c4ccccc4F)CC3)cc2)n(-c2ccccc2Cl)n1. The number of para-hydroxylation sites is 1. The summed E-state index contributed by atoms with van der Waals surface area (Å²) >= 11 is 6.44. The molecule has 1 amide bonds. The summed E-state index contributed by atoms with van der Waals surface area (Å²) in [6.45, 7) is 4.25. The second kappa shape index (κ2) is 11.1. The zero-order valence-electron chi connectivity index (χ0n) is 20.8. The predicted octanol–water partition coefficient (Wildman–Crippen LogP) is 5.47. The van der Waals surface area contributed by atoms with Crippen molar-refractivity contribution in [1.82, 2.24) is 14.7 Å². The first-order chi connectivity index (χ1) is 18.5. The number of rotatable bonds is 6. The number of piperazine rings is 1. The van der Waals surface area contributed by atoms with Gasteiger partial charge in [-0.3, -0.25) is 4.79 Å². The highest BCUT2D eigenvalue weighted by molar-refractivity contribution is 6.32. The summed E-state index contributed by atoms with van der Waals surface area (Å²) in [5.74, 6) is -1.29. The summed E-state index contributed by atoms with van der Waals surface area (Å²) in [5.41, 5.74) is 3.50. The standard InChI is InChI=1S/C29H26ClFN4O3/c1-2-38-29(37)25-19-27(35(32-25)26-10-6-4-8-23(26)30)20-11-13-21(14-12-20)33-15-17-34(18-16-33)28(36)22-7-3-5-9-24(22)31/h3-14,19H,2,15-18H2,1H3. The Balaban J connectivity index is 1.35. The largest absolute Gasteiger partial charge is 0.461 e. The second-order valence-electron chi connectivity index (χ2n) is 8.80. The van der Waals surface area contributed by atoms with Crippen LogP contribution < -0.4 is 4.90 Å². The predicted molar refractivity (Wildman–Crippen MR) is 144 cm³/mol. The van der Waals surface area contributed by atoms with E-state index in [1.165, 1.54) is 12.1 Å². The minimum atomic E-state index is -0.502. The van der Waals surface area contributed by atoms with Gasteiger partial charge in [0, 0.05) is 37.4 Å². The first-order valence-corrected chi connectivity index (χ1v) is 12.8. The lowest BCUT2D eigenvalue weighted by Crippen LogP contribution is -2.49. The molecule has 1 aliphatic rings. The lowest BCUT2D eigenvalue weighted by atomic mass is 10.1. The maximum Gasteiger partial charge on any atom is 0.358 e. The minimum absolute atomic E-state index is 0.0996. The van der Waals surface area contributed by atoms with Crippen molar-refractivity contribution in [2.45, 2.75) is 6.92 Å². The van der Waals surface area contributed by atoms with E-state index in [-0.39, 0.29) is 23.8 Å². The third-order valence-corrected chi connectivity index (χ3v) is 6.79. The number of anilines is 1. The Morgan fingerprint density at radius 3 is 2.32 bits per heavy atom. The van der Waals surface area contributed by atoms with Gasteiger partial charge >= 0.3 is 5.97 Å². The normalized spacial score (nSPS) is 13.4. The van der Waals surface area contributed by atoms with E-state index in [0.29, 0.717) is 42.6 Å². The number of aromatic nitrogens is 2. The van der Waals surface area contributed by atoms with Gasteiger partial charge in [0.1, 0.15) is 5.82 Å². The lowest BCUT2D eigenvalue weighted by Gasteiger charge is -2.36. The van der Waals surface area contributed by atoms with E-state index in [1.54, 1.807) is 40.8 Å². The van der Waals surface area contributed by atoms with Gasteiger partial charge in [-0.25, -0.2) is 13.9 Å². The van der Waals surface area contributed by atoms with Crippen LogP contribution in [0.5, 0.6) is 0 Å². The van der Waals surface area contributed by atoms with E-state index < -0.39 is 11.8 Å². The van der Waals surface area contributed by atoms with Crippen molar-refractivity contribution in [3.05, 3.63) is 101 Å². The molecule has 194 valence electrons. The number of halogens is 2. The maximum atomic E-state index is 14.1. The summed E-state index contributed by atoms with van der Waals surface area (Å²) in [4.78, 5) is 29.0. The average molecular weight is 533 g/mol. The molecule has 0 spiro atoms. The summed E-state index contributed by atoms with van der Waals surface area (Å²) in [6, 6.07) is 23.0. The summed E-state index contributed by atoms with van der Waals surface area (Å²) in [6.07, 6.45) is 0. The molecule has 3 aromatic carbocycles. The highest BCUT2D eigenvalue weighted by atomic mass is 35.5. The maximum absolute atomic E-state index is 14.1. The monoisotopic (exact) mass is 532 g/mol. The molecular formula is C29H26ClFN4O3. The molecule has 0 bridgehead atoms. The van der Waals surface area contributed by atoms with Crippen LogP contribution in [0.3, 0.4) is 0 Å². The van der Waals surface area contributed by atoms with Crippen molar-refractivity contribution in [3.8, 4) is 16.9 Å². The van der Waals surface area contributed by atoms with Gasteiger partial charge in [0.15, 0.2) is 5.69 Å². The van der Waals surface area contributed by atoms with Crippen molar-refractivity contribution in [3.63, 3.8) is 0 Å². The zero-order valence-corrected chi connectivity index (χ0v) is 21.6. The summed E-state index contributed by atoms with van der Waals surface area (Å²) in [7, 11) is 0. The van der Waals surface area contributed by atoms with Crippen LogP contribution in [0.2, 0.25) is 5.02 Å². The van der Waals surface area contributed by atoms with Gasteiger partial charge in [-0.05, 0) is 49.4 Å². The van der Waals surface area contributed by atoms with Crippen LogP contribution in [0.4, 0.5) is 10.1 Å². The molecule has 0 radical (unpaired) electrons. The molecule has 1 fully saturated rings. The van der Waals surface area contributed by atoms with Gasteiger partial charge in [0.2, 0.25) is 0 Å². The highest BCUT2D eigenvalue weighted by Gasteiger charge is 2.24. The van der Waals surface area contributed by atoms with Gasteiger partial charge in [-0.1, -0.05) is 48.0 Å². The summed E-state index contributed by atoms with van der Waals surface area (Å²) < 4.78 is 20.9. The summed E-state index contributed by atoms with van der Waals surface area (Å²) in [5, 5.41) is 4.99. The van der Waals surface area contributed by atoms with E-state index in [9.17, 15) is 14.0 Å². The number of carbonyl (C=O) groups excluding carboxylic acids is 2. The number of carbonyl (C=O) groups is 2.